The lowest BCUT2D eigenvalue weighted by molar-refractivity contribution is 0.495. The van der Waals surface area contributed by atoms with Crippen LogP contribution >= 0.6 is 0 Å². The van der Waals surface area contributed by atoms with E-state index in [9.17, 15) is 4.79 Å². The lowest BCUT2D eigenvalue weighted by Crippen LogP contribution is -2.22. The van der Waals surface area contributed by atoms with E-state index in [0.717, 1.165) is 25.9 Å². The van der Waals surface area contributed by atoms with Crippen molar-refractivity contribution in [3.05, 3.63) is 70.1 Å². The molecule has 1 aliphatic carbocycles. The van der Waals surface area contributed by atoms with Gasteiger partial charge in [0.25, 0.3) is 0 Å². The number of hydrogen-bond acceptors (Lipinski definition) is 2. The van der Waals surface area contributed by atoms with Crippen LogP contribution in [0, 0.1) is 0 Å². The summed E-state index contributed by atoms with van der Waals surface area (Å²) in [4.78, 5) is 11.6. The normalized spacial score (nSPS) is 16.9. The number of unbranched alkanes of at least 4 members (excludes halogenated alkanes) is 1. The Hall–Kier alpha value is -1.87. The van der Waals surface area contributed by atoms with Gasteiger partial charge in [0.2, 0.25) is 5.56 Å². The second-order valence-electron chi connectivity index (χ2n) is 5.68. The Morgan fingerprint density at radius 3 is 2.86 bits per heavy atom. The van der Waals surface area contributed by atoms with E-state index >= 15 is 0 Å². The van der Waals surface area contributed by atoms with E-state index in [0.29, 0.717) is 6.04 Å². The summed E-state index contributed by atoms with van der Waals surface area (Å²) in [6.45, 7) is 1.82. The van der Waals surface area contributed by atoms with Crippen LogP contribution in [-0.4, -0.2) is 11.1 Å². The fourth-order valence-corrected chi connectivity index (χ4v) is 3.10. The molecule has 0 saturated heterocycles. The van der Waals surface area contributed by atoms with Crippen LogP contribution < -0.4 is 10.9 Å². The lowest BCUT2D eigenvalue weighted by Gasteiger charge is -2.14. The summed E-state index contributed by atoms with van der Waals surface area (Å²) in [5.41, 5.74) is 3.05. The van der Waals surface area contributed by atoms with Crippen molar-refractivity contribution in [3.8, 4) is 0 Å². The van der Waals surface area contributed by atoms with E-state index in [-0.39, 0.29) is 5.56 Å². The molecule has 3 heteroatoms. The van der Waals surface area contributed by atoms with Gasteiger partial charge in [-0.3, -0.25) is 4.79 Å². The average molecular weight is 282 g/mol. The molecule has 0 radical (unpaired) electrons. The Kier molecular flexibility index (Phi) is 4.51. The number of fused-ring (bicyclic) bond motifs is 1. The summed E-state index contributed by atoms with van der Waals surface area (Å²) in [5.74, 6) is 0. The minimum absolute atomic E-state index is 0.0928. The zero-order valence-electron chi connectivity index (χ0n) is 12.3. The van der Waals surface area contributed by atoms with Crippen molar-refractivity contribution >= 4 is 0 Å². The maximum Gasteiger partial charge on any atom is 0.250 e. The number of pyridine rings is 1. The molecule has 0 saturated carbocycles. The van der Waals surface area contributed by atoms with Crippen LogP contribution in [0.15, 0.2) is 53.5 Å². The molecule has 1 atom stereocenters. The molecule has 1 N–H and O–H groups in total. The van der Waals surface area contributed by atoms with Crippen molar-refractivity contribution in [1.29, 1.82) is 0 Å². The van der Waals surface area contributed by atoms with Gasteiger partial charge in [0.1, 0.15) is 0 Å². The molecule has 1 aliphatic rings. The van der Waals surface area contributed by atoms with Crippen LogP contribution in [0.1, 0.15) is 36.4 Å². The van der Waals surface area contributed by atoms with Gasteiger partial charge < -0.3 is 9.88 Å². The number of aromatic nitrogens is 1. The molecule has 0 spiro atoms. The first-order valence-electron chi connectivity index (χ1n) is 7.81. The number of nitrogens with one attached hydrogen (secondary N) is 1. The van der Waals surface area contributed by atoms with Gasteiger partial charge in [-0.05, 0) is 49.4 Å². The summed E-state index contributed by atoms with van der Waals surface area (Å²) in [5, 5.41) is 3.65. The fourth-order valence-electron chi connectivity index (χ4n) is 3.10. The summed E-state index contributed by atoms with van der Waals surface area (Å²) < 4.78 is 1.78. The van der Waals surface area contributed by atoms with Gasteiger partial charge in [-0.2, -0.15) is 0 Å². The number of benzene rings is 1. The molecular weight excluding hydrogens is 260 g/mol. The molecular formula is C18H22N2O. The third-order valence-electron chi connectivity index (χ3n) is 4.25. The van der Waals surface area contributed by atoms with Crippen molar-refractivity contribution in [2.75, 3.05) is 6.54 Å². The van der Waals surface area contributed by atoms with Gasteiger partial charge in [-0.15, -0.1) is 0 Å². The minimum atomic E-state index is 0.0928. The number of rotatable bonds is 6. The van der Waals surface area contributed by atoms with Crippen LogP contribution in [0.5, 0.6) is 0 Å². The predicted molar refractivity (Wildman–Crippen MR) is 85.4 cm³/mol. The Bertz CT molecular complexity index is 647. The van der Waals surface area contributed by atoms with E-state index in [2.05, 4.69) is 29.6 Å². The van der Waals surface area contributed by atoms with Gasteiger partial charge in [0.15, 0.2) is 0 Å². The SMILES string of the molecule is O=c1ccccn1CCCCNC1CCc2ccccc21. The standard InChI is InChI=1S/C18H22N2O/c21-18-9-3-5-13-20(18)14-6-4-12-19-17-11-10-15-7-1-2-8-16(15)17/h1-3,5,7-9,13,17,19H,4,6,10-12,14H2. The molecule has 0 fully saturated rings. The largest absolute Gasteiger partial charge is 0.316 e. The highest BCUT2D eigenvalue weighted by atomic mass is 16.1. The maximum absolute atomic E-state index is 11.6. The number of aryl methyl sites for hydroxylation is 2. The average Bonchev–Trinajstić information content (AvgIpc) is 2.92. The fraction of sp³-hybridized carbons (Fsp3) is 0.389. The Morgan fingerprint density at radius 1 is 1.10 bits per heavy atom. The Labute approximate surface area is 125 Å². The first-order valence-corrected chi connectivity index (χ1v) is 7.81. The monoisotopic (exact) mass is 282 g/mol. The van der Waals surface area contributed by atoms with Gasteiger partial charge in [-0.25, -0.2) is 0 Å². The van der Waals surface area contributed by atoms with E-state index in [1.54, 1.807) is 16.7 Å². The molecule has 0 aliphatic heterocycles. The molecule has 0 amide bonds. The predicted octanol–water partition coefficient (Wildman–Crippen LogP) is 2.91. The van der Waals surface area contributed by atoms with Gasteiger partial charge >= 0.3 is 0 Å². The molecule has 2 aromatic rings. The van der Waals surface area contributed by atoms with Gasteiger partial charge in [-0.1, -0.05) is 30.3 Å². The lowest BCUT2D eigenvalue weighted by atomic mass is 10.1. The second-order valence-corrected chi connectivity index (χ2v) is 5.68. The molecule has 3 rings (SSSR count). The molecule has 0 bridgehead atoms. The van der Waals surface area contributed by atoms with E-state index in [1.807, 2.05) is 12.3 Å². The van der Waals surface area contributed by atoms with E-state index in [4.69, 9.17) is 0 Å². The van der Waals surface area contributed by atoms with E-state index in [1.165, 1.54) is 24.0 Å². The summed E-state index contributed by atoms with van der Waals surface area (Å²) in [6, 6.07) is 14.6. The highest BCUT2D eigenvalue weighted by Gasteiger charge is 2.20. The molecule has 3 nitrogen and oxygen atoms in total. The van der Waals surface area contributed by atoms with Crippen molar-refractivity contribution in [2.45, 2.75) is 38.3 Å². The van der Waals surface area contributed by atoms with Gasteiger partial charge in [0, 0.05) is 24.8 Å². The highest BCUT2D eigenvalue weighted by Crippen LogP contribution is 2.30. The summed E-state index contributed by atoms with van der Waals surface area (Å²) in [7, 11) is 0. The first-order chi connectivity index (χ1) is 10.3. The Morgan fingerprint density at radius 2 is 1.95 bits per heavy atom. The zero-order valence-corrected chi connectivity index (χ0v) is 12.3. The number of nitrogens with zero attached hydrogens (tertiary/aromatic N) is 1. The van der Waals surface area contributed by atoms with E-state index < -0.39 is 0 Å². The second kappa shape index (κ2) is 6.72. The Balaban J connectivity index is 1.42. The van der Waals surface area contributed by atoms with Crippen molar-refractivity contribution < 1.29 is 0 Å². The topological polar surface area (TPSA) is 34.0 Å². The molecule has 110 valence electrons. The van der Waals surface area contributed by atoms with Crippen molar-refractivity contribution in [3.63, 3.8) is 0 Å². The maximum atomic E-state index is 11.6. The molecule has 21 heavy (non-hydrogen) atoms. The van der Waals surface area contributed by atoms with Crippen LogP contribution in [0.25, 0.3) is 0 Å². The van der Waals surface area contributed by atoms with Crippen molar-refractivity contribution in [1.82, 2.24) is 9.88 Å². The van der Waals surface area contributed by atoms with Crippen molar-refractivity contribution in [2.24, 2.45) is 0 Å². The van der Waals surface area contributed by atoms with Crippen LogP contribution in [-0.2, 0) is 13.0 Å². The third-order valence-corrected chi connectivity index (χ3v) is 4.25. The third kappa shape index (κ3) is 3.42. The highest BCUT2D eigenvalue weighted by molar-refractivity contribution is 5.34. The summed E-state index contributed by atoms with van der Waals surface area (Å²) in [6.07, 6.45) is 6.39. The minimum Gasteiger partial charge on any atom is -0.316 e. The first kappa shape index (κ1) is 14.1. The molecule has 1 heterocycles. The van der Waals surface area contributed by atoms with Crippen LogP contribution in [0.3, 0.4) is 0 Å². The van der Waals surface area contributed by atoms with Crippen LogP contribution in [0.4, 0.5) is 0 Å². The molecule has 1 unspecified atom stereocenters. The number of hydrogen-bond donors (Lipinski definition) is 1. The van der Waals surface area contributed by atoms with Crippen LogP contribution in [0.2, 0.25) is 0 Å². The summed E-state index contributed by atoms with van der Waals surface area (Å²) >= 11 is 0. The zero-order chi connectivity index (χ0) is 14.5. The quantitative estimate of drug-likeness (QED) is 0.827. The molecule has 1 aromatic carbocycles. The van der Waals surface area contributed by atoms with Gasteiger partial charge in [0.05, 0.1) is 0 Å². The smallest absolute Gasteiger partial charge is 0.250 e. The molecule has 1 aromatic heterocycles.